The van der Waals surface area contributed by atoms with Gasteiger partial charge in [-0.3, -0.25) is 23.9 Å². The summed E-state index contributed by atoms with van der Waals surface area (Å²) in [6.45, 7) is -0.113. The molecule has 3 N–H and O–H groups in total. The summed E-state index contributed by atoms with van der Waals surface area (Å²) in [5, 5.41) is 3.79. The average molecular weight is 486 g/mol. The zero-order chi connectivity index (χ0) is 25.2. The molecule has 8 nitrogen and oxygen atoms in total. The van der Waals surface area contributed by atoms with E-state index < -0.39 is 46.2 Å². The van der Waals surface area contributed by atoms with Crippen molar-refractivity contribution >= 4 is 17.6 Å². The highest BCUT2D eigenvalue weighted by Crippen LogP contribution is 2.45. The maximum atomic E-state index is 14.4. The lowest BCUT2D eigenvalue weighted by Crippen LogP contribution is -2.62. The van der Waals surface area contributed by atoms with Crippen LogP contribution in [0.15, 0.2) is 70.3 Å². The van der Waals surface area contributed by atoms with Crippen molar-refractivity contribution in [3.63, 3.8) is 0 Å². The van der Waals surface area contributed by atoms with E-state index in [2.05, 4.69) is 0 Å². The number of carbonyl (C=O) groups excluding carboxylic acids is 2. The predicted molar refractivity (Wildman–Crippen MR) is 121 cm³/mol. The van der Waals surface area contributed by atoms with Gasteiger partial charge in [0.1, 0.15) is 11.4 Å². The Balaban J connectivity index is 1.71. The van der Waals surface area contributed by atoms with Gasteiger partial charge in [0.2, 0.25) is 11.4 Å². The van der Waals surface area contributed by atoms with Crippen LogP contribution < -0.4 is 21.9 Å². The Kier molecular flexibility index (Phi) is 6.33. The monoisotopic (exact) mass is 486 g/mol. The molecule has 35 heavy (non-hydrogen) atoms. The van der Waals surface area contributed by atoms with E-state index in [0.717, 1.165) is 10.1 Å². The van der Waals surface area contributed by atoms with Crippen LogP contribution >= 0.6 is 0 Å². The van der Waals surface area contributed by atoms with Crippen molar-refractivity contribution in [1.82, 2.24) is 14.9 Å². The van der Waals surface area contributed by atoms with E-state index in [1.54, 1.807) is 66.0 Å². The third kappa shape index (κ3) is 4.48. The molecule has 0 saturated heterocycles. The van der Waals surface area contributed by atoms with Crippen LogP contribution in [0.5, 0.6) is 0 Å². The van der Waals surface area contributed by atoms with Crippen LogP contribution in [0, 0.1) is 0 Å². The molecule has 3 aromatic rings. The van der Waals surface area contributed by atoms with E-state index in [1.165, 1.54) is 0 Å². The number of fused-ring (bicyclic) bond motifs is 1. The molecule has 0 bridgehead atoms. The number of H-pyrrole nitrogens is 1. The molecule has 0 fully saturated rings. The third-order valence-electron chi connectivity index (χ3n) is 5.85. The Morgan fingerprint density at radius 1 is 0.914 bits per heavy atom. The highest BCUT2D eigenvalue weighted by molar-refractivity contribution is 6.07. The zero-order valence-electron chi connectivity index (χ0n) is 18.3. The molecule has 1 aromatic heterocycles. The summed E-state index contributed by atoms with van der Waals surface area (Å²) in [5.41, 5.74) is -5.56. The summed E-state index contributed by atoms with van der Waals surface area (Å²) in [7, 11) is 0. The lowest BCUT2D eigenvalue weighted by molar-refractivity contribution is -0.200. The minimum absolute atomic E-state index is 0.113. The number of aryl methyl sites for hydroxylation is 2. The topological polar surface area (TPSA) is 113 Å². The number of aromatic nitrogens is 2. The number of aromatic amines is 1. The number of nitrogens with zero attached hydrogens (tertiary/aromatic N) is 1. The SMILES string of the molecule is O=C(CCc1ccccc1)N[C@@]1(C(F)(F)F)C(=O)Nc2c1c(=O)[nH]c(=O)n2CCc1ccccc1. The van der Waals surface area contributed by atoms with Gasteiger partial charge >= 0.3 is 11.9 Å². The summed E-state index contributed by atoms with van der Waals surface area (Å²) in [6.07, 6.45) is -5.34. The van der Waals surface area contributed by atoms with Gasteiger partial charge < -0.3 is 10.6 Å². The Labute approximate surface area is 196 Å². The minimum Gasteiger partial charge on any atom is -0.330 e. The van der Waals surface area contributed by atoms with Crippen LogP contribution in [0.1, 0.15) is 23.1 Å². The first-order valence-corrected chi connectivity index (χ1v) is 10.8. The lowest BCUT2D eigenvalue weighted by Gasteiger charge is -2.30. The Morgan fingerprint density at radius 2 is 1.49 bits per heavy atom. The van der Waals surface area contributed by atoms with Crippen molar-refractivity contribution in [3.05, 3.63) is 98.2 Å². The number of alkyl halides is 3. The lowest BCUT2D eigenvalue weighted by atomic mass is 9.91. The number of anilines is 1. The first-order valence-electron chi connectivity index (χ1n) is 10.8. The Hall–Kier alpha value is -4.15. The normalized spacial score (nSPS) is 17.1. The fourth-order valence-electron chi connectivity index (χ4n) is 4.10. The van der Waals surface area contributed by atoms with Crippen molar-refractivity contribution in [2.24, 2.45) is 0 Å². The molecule has 0 unspecified atom stereocenters. The highest BCUT2D eigenvalue weighted by Gasteiger charge is 2.68. The molecule has 0 saturated carbocycles. The fraction of sp³-hybridized carbons (Fsp3) is 0.250. The van der Waals surface area contributed by atoms with Gasteiger partial charge in [0.15, 0.2) is 0 Å². The van der Waals surface area contributed by atoms with Gasteiger partial charge in [0, 0.05) is 13.0 Å². The van der Waals surface area contributed by atoms with Crippen LogP contribution in [0.25, 0.3) is 0 Å². The van der Waals surface area contributed by atoms with Crippen LogP contribution in [-0.2, 0) is 34.5 Å². The van der Waals surface area contributed by atoms with Gasteiger partial charge in [0.05, 0.1) is 0 Å². The molecule has 0 radical (unpaired) electrons. The number of halogens is 3. The quantitative estimate of drug-likeness (QED) is 0.475. The Morgan fingerprint density at radius 3 is 2.06 bits per heavy atom. The van der Waals surface area contributed by atoms with Crippen LogP contribution in [0.3, 0.4) is 0 Å². The molecule has 182 valence electrons. The molecule has 1 aliphatic heterocycles. The summed E-state index contributed by atoms with van der Waals surface area (Å²) in [6, 6.07) is 17.5. The number of hydrogen-bond acceptors (Lipinski definition) is 4. The summed E-state index contributed by atoms with van der Waals surface area (Å²) in [4.78, 5) is 52.3. The van der Waals surface area contributed by atoms with Crippen molar-refractivity contribution in [2.75, 3.05) is 5.32 Å². The number of carbonyl (C=O) groups is 2. The minimum atomic E-state index is -5.36. The first kappa shape index (κ1) is 24.0. The first-order chi connectivity index (χ1) is 16.6. The molecule has 4 rings (SSSR count). The molecule has 0 aliphatic carbocycles. The number of hydrogen-bond donors (Lipinski definition) is 3. The molecule has 2 aromatic carbocycles. The second-order valence-electron chi connectivity index (χ2n) is 8.11. The molecule has 1 atom stereocenters. The van der Waals surface area contributed by atoms with Crippen LogP contribution in [0.4, 0.5) is 19.0 Å². The zero-order valence-corrected chi connectivity index (χ0v) is 18.3. The average Bonchev–Trinajstić information content (AvgIpc) is 3.12. The van der Waals surface area contributed by atoms with E-state index in [-0.39, 0.29) is 25.8 Å². The molecular weight excluding hydrogens is 465 g/mol. The van der Waals surface area contributed by atoms with Crippen molar-refractivity contribution in [1.29, 1.82) is 0 Å². The summed E-state index contributed by atoms with van der Waals surface area (Å²) >= 11 is 0. The number of amides is 2. The van der Waals surface area contributed by atoms with Crippen LogP contribution in [-0.4, -0.2) is 27.5 Å². The standard InChI is InChI=1S/C24H21F3N4O4/c25-24(26,27)23(30-17(32)12-11-15-7-3-1-4-8-15)18-19(28-21(23)34)31(22(35)29-20(18)33)14-13-16-9-5-2-6-10-16/h1-10H,11-14H2,(H,28,34)(H,30,32)(H,29,33,35)/t23-/m1/s1. The van der Waals surface area contributed by atoms with E-state index in [1.807, 2.05) is 10.3 Å². The predicted octanol–water partition coefficient (Wildman–Crippen LogP) is 2.24. The largest absolute Gasteiger partial charge is 0.425 e. The molecule has 2 amide bonds. The van der Waals surface area contributed by atoms with Crippen LogP contribution in [0.2, 0.25) is 0 Å². The van der Waals surface area contributed by atoms with Gasteiger partial charge in [-0.25, -0.2) is 4.79 Å². The van der Waals surface area contributed by atoms with Gasteiger partial charge in [-0.05, 0) is 24.0 Å². The maximum absolute atomic E-state index is 14.4. The number of nitrogens with one attached hydrogen (secondary N) is 3. The molecular formula is C24H21F3N4O4. The second-order valence-corrected chi connectivity index (χ2v) is 8.11. The van der Waals surface area contributed by atoms with E-state index in [0.29, 0.717) is 5.56 Å². The smallest absolute Gasteiger partial charge is 0.330 e. The van der Waals surface area contributed by atoms with E-state index in [9.17, 15) is 32.3 Å². The highest BCUT2D eigenvalue weighted by atomic mass is 19.4. The Bertz CT molecular complexity index is 1370. The third-order valence-corrected chi connectivity index (χ3v) is 5.85. The summed E-state index contributed by atoms with van der Waals surface area (Å²) < 4.78 is 44.1. The van der Waals surface area contributed by atoms with Gasteiger partial charge in [-0.2, -0.15) is 13.2 Å². The van der Waals surface area contributed by atoms with Gasteiger partial charge in [-0.15, -0.1) is 0 Å². The molecule has 0 spiro atoms. The van der Waals surface area contributed by atoms with E-state index in [4.69, 9.17) is 0 Å². The fourth-order valence-corrected chi connectivity index (χ4v) is 4.10. The molecule has 2 heterocycles. The van der Waals surface area contributed by atoms with Crippen molar-refractivity contribution < 1.29 is 22.8 Å². The van der Waals surface area contributed by atoms with E-state index >= 15 is 0 Å². The van der Waals surface area contributed by atoms with Gasteiger partial charge in [-0.1, -0.05) is 60.7 Å². The molecule has 11 heteroatoms. The van der Waals surface area contributed by atoms with Crippen molar-refractivity contribution in [2.45, 2.75) is 37.5 Å². The second kappa shape index (κ2) is 9.24. The number of benzene rings is 2. The maximum Gasteiger partial charge on any atom is 0.425 e. The summed E-state index contributed by atoms with van der Waals surface area (Å²) in [5.74, 6) is -3.31. The molecule has 1 aliphatic rings. The number of rotatable bonds is 7. The van der Waals surface area contributed by atoms with Gasteiger partial charge in [0.25, 0.3) is 11.5 Å². The van der Waals surface area contributed by atoms with Crippen molar-refractivity contribution in [3.8, 4) is 0 Å².